The number of rotatable bonds is 5. The number of hydrogen-bond donors (Lipinski definition) is 3. The quantitative estimate of drug-likeness (QED) is 0.656. The molecule has 2 unspecified atom stereocenters. The van der Waals surface area contributed by atoms with Crippen molar-refractivity contribution in [1.82, 2.24) is 14.8 Å². The molecule has 0 spiro atoms. The van der Waals surface area contributed by atoms with Gasteiger partial charge in [-0.2, -0.15) is 13.1 Å². The zero-order chi connectivity index (χ0) is 13.6. The van der Waals surface area contributed by atoms with Gasteiger partial charge in [0, 0.05) is 12.6 Å². The molecule has 106 valence electrons. The third-order valence-electron chi connectivity index (χ3n) is 2.92. The van der Waals surface area contributed by atoms with E-state index in [-0.39, 0.29) is 19.2 Å². The maximum atomic E-state index is 11.5. The molecule has 1 rings (SSSR count). The Bertz CT molecular complexity index is 371. The van der Waals surface area contributed by atoms with Gasteiger partial charge in [0.15, 0.2) is 0 Å². The topological polar surface area (TPSA) is 96.5 Å². The van der Waals surface area contributed by atoms with Crippen molar-refractivity contribution in [3.8, 4) is 0 Å². The van der Waals surface area contributed by atoms with Crippen molar-refractivity contribution in [2.24, 2.45) is 5.92 Å². The number of hydrogen-bond acceptors (Lipinski definition) is 5. The molecule has 1 amide bonds. The van der Waals surface area contributed by atoms with E-state index in [0.717, 1.165) is 19.4 Å². The first-order chi connectivity index (χ1) is 8.44. The first kappa shape index (κ1) is 15.2. The summed E-state index contributed by atoms with van der Waals surface area (Å²) in [7, 11) is -3.84. The Labute approximate surface area is 108 Å². The molecular formula is C10H21N3O4S. The van der Waals surface area contributed by atoms with Crippen molar-refractivity contribution >= 4 is 16.3 Å². The molecule has 0 aromatic carbocycles. The normalized spacial score (nSPS) is 24.6. The molecule has 0 aliphatic carbocycles. The van der Waals surface area contributed by atoms with Gasteiger partial charge in [-0.05, 0) is 32.2 Å². The minimum absolute atomic E-state index is 0.0949. The Morgan fingerprint density at radius 3 is 2.83 bits per heavy atom. The number of piperidine rings is 1. The molecular weight excluding hydrogens is 258 g/mol. The molecule has 0 radical (unpaired) electrons. The molecule has 1 heterocycles. The van der Waals surface area contributed by atoms with Crippen LogP contribution < -0.4 is 14.8 Å². The van der Waals surface area contributed by atoms with Crippen molar-refractivity contribution in [2.45, 2.75) is 32.7 Å². The molecule has 8 heteroatoms. The van der Waals surface area contributed by atoms with Gasteiger partial charge in [0.1, 0.15) is 0 Å². The highest BCUT2D eigenvalue weighted by Crippen LogP contribution is 2.14. The monoisotopic (exact) mass is 279 g/mol. The van der Waals surface area contributed by atoms with E-state index < -0.39 is 16.3 Å². The highest BCUT2D eigenvalue weighted by Gasteiger charge is 2.23. The van der Waals surface area contributed by atoms with E-state index in [0.29, 0.717) is 5.92 Å². The van der Waals surface area contributed by atoms with Crippen LogP contribution in [0.4, 0.5) is 4.79 Å². The van der Waals surface area contributed by atoms with Gasteiger partial charge < -0.3 is 10.1 Å². The second-order valence-electron chi connectivity index (χ2n) is 4.35. The largest absolute Gasteiger partial charge is 0.449 e. The minimum atomic E-state index is -3.84. The Kier molecular flexibility index (Phi) is 5.83. The van der Waals surface area contributed by atoms with Gasteiger partial charge in [0.05, 0.1) is 6.61 Å². The lowest BCUT2D eigenvalue weighted by Crippen LogP contribution is -2.50. The number of amides is 1. The lowest BCUT2D eigenvalue weighted by Gasteiger charge is -2.30. The third kappa shape index (κ3) is 5.19. The van der Waals surface area contributed by atoms with Gasteiger partial charge in [-0.3, -0.25) is 0 Å². The summed E-state index contributed by atoms with van der Waals surface area (Å²) in [5.74, 6) is 0.407. The predicted molar refractivity (Wildman–Crippen MR) is 67.3 cm³/mol. The Morgan fingerprint density at radius 2 is 2.22 bits per heavy atom. The van der Waals surface area contributed by atoms with Gasteiger partial charge in [0.25, 0.3) is 0 Å². The number of ether oxygens (including phenoxy) is 1. The molecule has 2 atom stereocenters. The fraction of sp³-hybridized carbons (Fsp3) is 0.900. The van der Waals surface area contributed by atoms with Crippen LogP contribution in [0.5, 0.6) is 0 Å². The maximum Gasteiger partial charge on any atom is 0.421 e. The summed E-state index contributed by atoms with van der Waals surface area (Å²) in [6.07, 6.45) is 1.21. The summed E-state index contributed by atoms with van der Waals surface area (Å²) in [6.45, 7) is 4.96. The average Bonchev–Trinajstić information content (AvgIpc) is 2.27. The molecule has 3 N–H and O–H groups in total. The van der Waals surface area contributed by atoms with E-state index in [2.05, 4.69) is 21.7 Å². The summed E-state index contributed by atoms with van der Waals surface area (Å²) in [4.78, 5) is 11.0. The van der Waals surface area contributed by atoms with E-state index in [9.17, 15) is 13.2 Å². The zero-order valence-corrected chi connectivity index (χ0v) is 11.5. The van der Waals surface area contributed by atoms with E-state index in [4.69, 9.17) is 0 Å². The number of nitrogens with one attached hydrogen (secondary N) is 3. The predicted octanol–water partition coefficient (Wildman–Crippen LogP) is -0.0450. The van der Waals surface area contributed by atoms with Gasteiger partial charge >= 0.3 is 16.3 Å². The van der Waals surface area contributed by atoms with Gasteiger partial charge in [-0.1, -0.05) is 6.92 Å². The van der Waals surface area contributed by atoms with Gasteiger partial charge in [-0.15, -0.1) is 0 Å². The zero-order valence-electron chi connectivity index (χ0n) is 10.7. The second-order valence-corrected chi connectivity index (χ2v) is 5.85. The van der Waals surface area contributed by atoms with Crippen LogP contribution in [0.15, 0.2) is 0 Å². The molecule has 0 bridgehead atoms. The van der Waals surface area contributed by atoms with E-state index >= 15 is 0 Å². The molecule has 1 aliphatic heterocycles. The molecule has 1 saturated heterocycles. The second kappa shape index (κ2) is 6.91. The highest BCUT2D eigenvalue weighted by molar-refractivity contribution is 7.88. The molecule has 0 aromatic heterocycles. The van der Waals surface area contributed by atoms with Crippen LogP contribution >= 0.6 is 0 Å². The van der Waals surface area contributed by atoms with Crippen LogP contribution in [0, 0.1) is 5.92 Å². The molecule has 0 aromatic rings. The summed E-state index contributed by atoms with van der Waals surface area (Å²) >= 11 is 0. The number of carbonyl (C=O) groups is 1. The first-order valence-corrected chi connectivity index (χ1v) is 7.60. The maximum absolute atomic E-state index is 11.5. The van der Waals surface area contributed by atoms with Crippen LogP contribution in [0.25, 0.3) is 0 Å². The van der Waals surface area contributed by atoms with Crippen LogP contribution in [0.2, 0.25) is 0 Å². The molecule has 1 fully saturated rings. The molecule has 18 heavy (non-hydrogen) atoms. The van der Waals surface area contributed by atoms with Gasteiger partial charge in [0.2, 0.25) is 0 Å². The molecule has 0 saturated carbocycles. The van der Waals surface area contributed by atoms with Crippen molar-refractivity contribution in [1.29, 1.82) is 0 Å². The third-order valence-corrected chi connectivity index (χ3v) is 3.90. The summed E-state index contributed by atoms with van der Waals surface area (Å²) in [5, 5.41) is 3.25. The fourth-order valence-corrected chi connectivity index (χ4v) is 2.64. The lowest BCUT2D eigenvalue weighted by atomic mass is 9.93. The number of carbonyl (C=O) groups excluding carboxylic acids is 1. The van der Waals surface area contributed by atoms with Crippen molar-refractivity contribution in [3.63, 3.8) is 0 Å². The lowest BCUT2D eigenvalue weighted by molar-refractivity contribution is 0.158. The van der Waals surface area contributed by atoms with Crippen molar-refractivity contribution in [3.05, 3.63) is 0 Å². The fourth-order valence-electron chi connectivity index (χ4n) is 1.89. The summed E-state index contributed by atoms with van der Waals surface area (Å²) in [6, 6.07) is 0.0949. The average molecular weight is 279 g/mol. The standard InChI is InChI=1S/C10H21N3O4S/c1-3-17-10(14)13-18(15,16)12-7-9-8(2)5-4-6-11-9/h8-9,11-12H,3-7H2,1-2H3,(H,13,14). The molecule has 1 aliphatic rings. The summed E-state index contributed by atoms with van der Waals surface area (Å²) < 4.78 is 31.7. The van der Waals surface area contributed by atoms with Gasteiger partial charge in [-0.25, -0.2) is 9.52 Å². The smallest absolute Gasteiger partial charge is 0.421 e. The summed E-state index contributed by atoms with van der Waals surface area (Å²) in [5.41, 5.74) is 0. The van der Waals surface area contributed by atoms with Crippen molar-refractivity contribution in [2.75, 3.05) is 19.7 Å². The SMILES string of the molecule is CCOC(=O)NS(=O)(=O)NCC1NCCCC1C. The van der Waals surface area contributed by atoms with Crippen LogP contribution in [0.1, 0.15) is 26.7 Å². The van der Waals surface area contributed by atoms with Crippen LogP contribution in [-0.2, 0) is 14.9 Å². The Morgan fingerprint density at radius 1 is 1.50 bits per heavy atom. The van der Waals surface area contributed by atoms with E-state index in [1.165, 1.54) is 0 Å². The van der Waals surface area contributed by atoms with E-state index in [1.807, 2.05) is 0 Å². The van der Waals surface area contributed by atoms with Crippen LogP contribution in [0.3, 0.4) is 0 Å². The molecule has 7 nitrogen and oxygen atoms in total. The Balaban J connectivity index is 2.38. The Hall–Kier alpha value is -0.860. The first-order valence-electron chi connectivity index (χ1n) is 6.12. The minimum Gasteiger partial charge on any atom is -0.449 e. The highest BCUT2D eigenvalue weighted by atomic mass is 32.2. The van der Waals surface area contributed by atoms with E-state index in [1.54, 1.807) is 11.6 Å². The van der Waals surface area contributed by atoms with Crippen LogP contribution in [-0.4, -0.2) is 40.2 Å². The van der Waals surface area contributed by atoms with Crippen molar-refractivity contribution < 1.29 is 17.9 Å².